The van der Waals surface area contributed by atoms with Crippen LogP contribution in [0.1, 0.15) is 40.0 Å². The zero-order valence-electron chi connectivity index (χ0n) is 10.1. The van der Waals surface area contributed by atoms with Crippen LogP contribution < -0.4 is 4.72 Å². The van der Waals surface area contributed by atoms with Gasteiger partial charge in [0.15, 0.2) is 0 Å². The lowest BCUT2D eigenvalue weighted by atomic mass is 10.0. The number of hydrogen-bond acceptors (Lipinski definition) is 3. The van der Waals surface area contributed by atoms with Crippen LogP contribution in [-0.4, -0.2) is 31.8 Å². The number of aliphatic carboxylic acids is 1. The van der Waals surface area contributed by atoms with Crippen molar-refractivity contribution in [1.29, 1.82) is 0 Å². The maximum Gasteiger partial charge on any atom is 0.303 e. The first kappa shape index (κ1) is 15.4. The normalized spacial score (nSPS) is 12.7. The van der Waals surface area contributed by atoms with Crippen molar-refractivity contribution in [2.45, 2.75) is 40.0 Å². The zero-order chi connectivity index (χ0) is 12.8. The van der Waals surface area contributed by atoms with E-state index in [2.05, 4.69) is 4.72 Å². The third-order valence-electron chi connectivity index (χ3n) is 1.76. The molecule has 0 amide bonds. The Morgan fingerprint density at radius 3 is 2.25 bits per heavy atom. The number of unbranched alkanes of at least 4 members (excludes halogenated alkanes) is 1. The minimum absolute atomic E-state index is 0.0823. The lowest BCUT2D eigenvalue weighted by molar-refractivity contribution is -0.137. The molecule has 5 nitrogen and oxygen atoms in total. The fourth-order valence-corrected chi connectivity index (χ4v) is 2.95. The molecule has 0 unspecified atom stereocenters. The second-order valence-electron chi connectivity index (χ2n) is 5.06. The summed E-state index contributed by atoms with van der Waals surface area (Å²) in [4.78, 5) is 10.2. The van der Waals surface area contributed by atoms with Gasteiger partial charge in [0.05, 0.1) is 5.75 Å². The van der Waals surface area contributed by atoms with E-state index >= 15 is 0 Å². The lowest BCUT2D eigenvalue weighted by Crippen LogP contribution is -2.32. The van der Waals surface area contributed by atoms with Crippen LogP contribution in [0.2, 0.25) is 0 Å². The van der Waals surface area contributed by atoms with Gasteiger partial charge in [-0.05, 0) is 18.3 Å². The standard InChI is InChI=1S/C10H21NO4S/c1-10(2,3)8-16(14,15)11-7-5-4-6-9(12)13/h11H,4-8H2,1-3H3,(H,12,13). The highest BCUT2D eigenvalue weighted by atomic mass is 32.2. The van der Waals surface area contributed by atoms with Gasteiger partial charge in [0, 0.05) is 13.0 Å². The Labute approximate surface area is 97.3 Å². The van der Waals surface area contributed by atoms with Gasteiger partial charge >= 0.3 is 5.97 Å². The maximum absolute atomic E-state index is 11.5. The van der Waals surface area contributed by atoms with Gasteiger partial charge in [-0.1, -0.05) is 20.8 Å². The van der Waals surface area contributed by atoms with Crippen molar-refractivity contribution < 1.29 is 18.3 Å². The van der Waals surface area contributed by atoms with Crippen molar-refractivity contribution in [3.05, 3.63) is 0 Å². The summed E-state index contributed by atoms with van der Waals surface area (Å²) in [5.41, 5.74) is -0.271. The Morgan fingerprint density at radius 2 is 1.81 bits per heavy atom. The molecule has 6 heteroatoms. The molecule has 0 saturated heterocycles. The number of nitrogens with one attached hydrogen (secondary N) is 1. The molecule has 0 aliphatic rings. The van der Waals surface area contributed by atoms with E-state index in [4.69, 9.17) is 5.11 Å². The summed E-state index contributed by atoms with van der Waals surface area (Å²) in [6.07, 6.45) is 1.13. The predicted octanol–water partition coefficient (Wildman–Crippen LogP) is 1.21. The first-order valence-electron chi connectivity index (χ1n) is 5.31. The number of rotatable bonds is 7. The lowest BCUT2D eigenvalue weighted by Gasteiger charge is -2.18. The Balaban J connectivity index is 3.80. The molecule has 0 saturated carbocycles. The van der Waals surface area contributed by atoms with Crippen LogP contribution in [-0.2, 0) is 14.8 Å². The predicted molar refractivity (Wildman–Crippen MR) is 62.7 cm³/mol. The van der Waals surface area contributed by atoms with Gasteiger partial charge in [0.1, 0.15) is 0 Å². The first-order valence-corrected chi connectivity index (χ1v) is 6.97. The summed E-state index contributed by atoms with van der Waals surface area (Å²) in [6, 6.07) is 0. The number of carboxylic acids is 1. The van der Waals surface area contributed by atoms with E-state index in [1.165, 1.54) is 0 Å². The zero-order valence-corrected chi connectivity index (χ0v) is 10.9. The Bertz CT molecular complexity index is 316. The summed E-state index contributed by atoms with van der Waals surface area (Å²) < 4.78 is 25.5. The molecule has 0 spiro atoms. The molecular formula is C10H21NO4S. The fourth-order valence-electron chi connectivity index (χ4n) is 1.25. The van der Waals surface area contributed by atoms with Gasteiger partial charge in [-0.3, -0.25) is 4.79 Å². The van der Waals surface area contributed by atoms with Crippen LogP contribution in [0, 0.1) is 5.41 Å². The van der Waals surface area contributed by atoms with E-state index in [1.807, 2.05) is 20.8 Å². The number of carboxylic acid groups (broad SMARTS) is 1. The van der Waals surface area contributed by atoms with Crippen LogP contribution in [0.25, 0.3) is 0 Å². The highest BCUT2D eigenvalue weighted by Crippen LogP contribution is 2.15. The van der Waals surface area contributed by atoms with Gasteiger partial charge in [-0.25, -0.2) is 13.1 Å². The molecule has 2 N–H and O–H groups in total. The molecule has 96 valence electrons. The third-order valence-corrected chi connectivity index (χ3v) is 3.65. The smallest absolute Gasteiger partial charge is 0.303 e. The van der Waals surface area contributed by atoms with Crippen molar-refractivity contribution in [2.75, 3.05) is 12.3 Å². The third kappa shape index (κ3) is 9.92. The largest absolute Gasteiger partial charge is 0.481 e. The van der Waals surface area contributed by atoms with Crippen molar-refractivity contribution in [2.24, 2.45) is 5.41 Å². The monoisotopic (exact) mass is 251 g/mol. The highest BCUT2D eigenvalue weighted by molar-refractivity contribution is 7.89. The van der Waals surface area contributed by atoms with E-state index < -0.39 is 16.0 Å². The van der Waals surface area contributed by atoms with E-state index in [0.717, 1.165) is 0 Å². The quantitative estimate of drug-likeness (QED) is 0.666. The van der Waals surface area contributed by atoms with Gasteiger partial charge in [0.2, 0.25) is 10.0 Å². The van der Waals surface area contributed by atoms with Crippen molar-refractivity contribution in [3.8, 4) is 0 Å². The SMILES string of the molecule is CC(C)(C)CS(=O)(=O)NCCCCC(=O)O. The van der Waals surface area contributed by atoms with Gasteiger partial charge < -0.3 is 5.11 Å². The second kappa shape index (κ2) is 6.20. The van der Waals surface area contributed by atoms with E-state index in [9.17, 15) is 13.2 Å². The molecule has 0 aromatic heterocycles. The molecule has 0 aromatic carbocycles. The van der Waals surface area contributed by atoms with Gasteiger partial charge in [-0.2, -0.15) is 0 Å². The Morgan fingerprint density at radius 1 is 1.25 bits per heavy atom. The van der Waals surface area contributed by atoms with E-state index in [-0.39, 0.29) is 17.6 Å². The minimum atomic E-state index is -3.24. The maximum atomic E-state index is 11.5. The van der Waals surface area contributed by atoms with E-state index in [1.54, 1.807) is 0 Å². The molecule has 16 heavy (non-hydrogen) atoms. The van der Waals surface area contributed by atoms with Crippen LogP contribution >= 0.6 is 0 Å². The second-order valence-corrected chi connectivity index (χ2v) is 6.87. The number of sulfonamides is 1. The molecule has 0 heterocycles. The summed E-state index contributed by atoms with van der Waals surface area (Å²) >= 11 is 0. The molecule has 0 aliphatic heterocycles. The first-order chi connectivity index (χ1) is 7.12. The molecular weight excluding hydrogens is 230 g/mol. The summed E-state index contributed by atoms with van der Waals surface area (Å²) in [7, 11) is -3.24. The van der Waals surface area contributed by atoms with Crippen molar-refractivity contribution in [3.63, 3.8) is 0 Å². The highest BCUT2D eigenvalue weighted by Gasteiger charge is 2.20. The fraction of sp³-hybridized carbons (Fsp3) is 0.900. The molecule has 0 fully saturated rings. The van der Waals surface area contributed by atoms with Crippen molar-refractivity contribution >= 4 is 16.0 Å². The molecule has 0 atom stereocenters. The topological polar surface area (TPSA) is 83.5 Å². The van der Waals surface area contributed by atoms with Crippen LogP contribution in [0.5, 0.6) is 0 Å². The minimum Gasteiger partial charge on any atom is -0.481 e. The molecule has 0 radical (unpaired) electrons. The van der Waals surface area contributed by atoms with E-state index in [0.29, 0.717) is 19.4 Å². The number of hydrogen-bond donors (Lipinski definition) is 2. The molecule has 0 aliphatic carbocycles. The van der Waals surface area contributed by atoms with Crippen LogP contribution in [0.4, 0.5) is 0 Å². The Kier molecular flexibility index (Phi) is 5.96. The van der Waals surface area contributed by atoms with Gasteiger partial charge in [0.25, 0.3) is 0 Å². The molecule has 0 aromatic rings. The Hall–Kier alpha value is -0.620. The summed E-state index contributed by atoms with van der Waals surface area (Å²) in [5.74, 6) is -0.767. The van der Waals surface area contributed by atoms with Gasteiger partial charge in [-0.15, -0.1) is 0 Å². The average molecular weight is 251 g/mol. The summed E-state index contributed by atoms with van der Waals surface area (Å²) in [6.45, 7) is 5.88. The number of carbonyl (C=O) groups is 1. The van der Waals surface area contributed by atoms with Crippen LogP contribution in [0.3, 0.4) is 0 Å². The molecule has 0 rings (SSSR count). The average Bonchev–Trinajstić information content (AvgIpc) is 1.97. The molecule has 0 bridgehead atoms. The summed E-state index contributed by atoms with van der Waals surface area (Å²) in [5, 5.41) is 8.39. The van der Waals surface area contributed by atoms with Crippen molar-refractivity contribution in [1.82, 2.24) is 4.72 Å². The van der Waals surface area contributed by atoms with Crippen LogP contribution in [0.15, 0.2) is 0 Å².